The van der Waals surface area contributed by atoms with Crippen molar-refractivity contribution in [1.29, 1.82) is 0 Å². The molecule has 1 aliphatic carbocycles. The molecule has 1 heterocycles. The fraction of sp³-hybridized carbons (Fsp3) is 0.625. The van der Waals surface area contributed by atoms with E-state index in [1.54, 1.807) is 6.07 Å². The summed E-state index contributed by atoms with van der Waals surface area (Å²) in [5, 5.41) is 3.46. The van der Waals surface area contributed by atoms with Crippen LogP contribution in [0.1, 0.15) is 31.7 Å². The first-order valence-electron chi connectivity index (χ1n) is 7.34. The van der Waals surface area contributed by atoms with Gasteiger partial charge in [-0.1, -0.05) is 19.1 Å². The second-order valence-corrected chi connectivity index (χ2v) is 6.50. The van der Waals surface area contributed by atoms with E-state index in [0.29, 0.717) is 5.41 Å². The monoisotopic (exact) mass is 298 g/mol. The van der Waals surface area contributed by atoms with Crippen LogP contribution in [-0.4, -0.2) is 30.6 Å². The zero-order chi connectivity index (χ0) is 13.3. The second-order valence-electron chi connectivity index (χ2n) is 6.50. The largest absolute Gasteiger partial charge is 0.316 e. The van der Waals surface area contributed by atoms with Crippen LogP contribution in [0.3, 0.4) is 0 Å². The molecule has 1 aromatic carbocycles. The maximum atomic E-state index is 13.3. The lowest BCUT2D eigenvalue weighted by Crippen LogP contribution is -2.38. The lowest BCUT2D eigenvalue weighted by molar-refractivity contribution is 0.162. The minimum atomic E-state index is -0.123. The van der Waals surface area contributed by atoms with Gasteiger partial charge in [0.15, 0.2) is 0 Å². The molecule has 1 saturated heterocycles. The first-order chi connectivity index (χ1) is 9.15. The Morgan fingerprint density at radius 1 is 1.40 bits per heavy atom. The molecule has 0 aromatic heterocycles. The van der Waals surface area contributed by atoms with E-state index in [-0.39, 0.29) is 18.2 Å². The number of benzene rings is 1. The minimum Gasteiger partial charge on any atom is -0.316 e. The Morgan fingerprint density at radius 3 is 2.80 bits per heavy atom. The molecule has 0 radical (unpaired) electrons. The third kappa shape index (κ3) is 3.94. The molecule has 0 spiro atoms. The van der Waals surface area contributed by atoms with Gasteiger partial charge < -0.3 is 5.32 Å². The van der Waals surface area contributed by atoms with Gasteiger partial charge >= 0.3 is 0 Å². The molecule has 1 aliphatic heterocycles. The second kappa shape index (κ2) is 6.42. The van der Waals surface area contributed by atoms with Crippen molar-refractivity contribution in [3.63, 3.8) is 0 Å². The molecule has 2 nitrogen and oxygen atoms in total. The molecule has 2 aliphatic rings. The molecule has 1 N–H and O–H groups in total. The highest BCUT2D eigenvalue weighted by atomic mass is 35.5. The molecule has 1 saturated carbocycles. The molecule has 0 amide bonds. The summed E-state index contributed by atoms with van der Waals surface area (Å²) in [6.45, 7) is 6.63. The van der Waals surface area contributed by atoms with Crippen molar-refractivity contribution in [1.82, 2.24) is 10.2 Å². The predicted octanol–water partition coefficient (Wildman–Crippen LogP) is 3.21. The Hall–Kier alpha value is -0.640. The topological polar surface area (TPSA) is 15.3 Å². The Labute approximate surface area is 127 Å². The number of nitrogens with one attached hydrogen (secondary N) is 1. The van der Waals surface area contributed by atoms with E-state index in [1.807, 2.05) is 12.1 Å². The SMILES string of the molecule is CC1(CN(Cc2cccc(F)c2)C2CC2)CCNC1.Cl. The van der Waals surface area contributed by atoms with E-state index in [9.17, 15) is 4.39 Å². The van der Waals surface area contributed by atoms with Gasteiger partial charge in [0.2, 0.25) is 0 Å². The molecular formula is C16H24ClFN2. The Bertz CT molecular complexity index is 442. The molecule has 1 atom stereocenters. The zero-order valence-corrected chi connectivity index (χ0v) is 12.9. The van der Waals surface area contributed by atoms with Crippen molar-refractivity contribution in [2.24, 2.45) is 5.41 Å². The Kier molecular flexibility index (Phi) is 5.05. The van der Waals surface area contributed by atoms with Crippen LogP contribution in [0.5, 0.6) is 0 Å². The molecule has 1 aromatic rings. The highest BCUT2D eigenvalue weighted by Crippen LogP contribution is 2.34. The van der Waals surface area contributed by atoms with Crippen LogP contribution in [0.15, 0.2) is 24.3 Å². The van der Waals surface area contributed by atoms with Gasteiger partial charge in [0.1, 0.15) is 5.82 Å². The van der Waals surface area contributed by atoms with Crippen molar-refractivity contribution in [2.75, 3.05) is 19.6 Å². The summed E-state index contributed by atoms with van der Waals surface area (Å²) in [4.78, 5) is 2.56. The van der Waals surface area contributed by atoms with E-state index >= 15 is 0 Å². The molecular weight excluding hydrogens is 275 g/mol. The van der Waals surface area contributed by atoms with Gasteiger partial charge in [0, 0.05) is 25.7 Å². The fourth-order valence-corrected chi connectivity index (χ4v) is 3.12. The Balaban J connectivity index is 0.00000147. The average molecular weight is 299 g/mol. The maximum Gasteiger partial charge on any atom is 0.123 e. The summed E-state index contributed by atoms with van der Waals surface area (Å²) >= 11 is 0. The van der Waals surface area contributed by atoms with Gasteiger partial charge in [0.25, 0.3) is 0 Å². The minimum absolute atomic E-state index is 0. The van der Waals surface area contributed by atoms with Crippen LogP contribution in [-0.2, 0) is 6.54 Å². The average Bonchev–Trinajstić information content (AvgIpc) is 3.12. The van der Waals surface area contributed by atoms with Crippen LogP contribution < -0.4 is 5.32 Å². The molecule has 1 unspecified atom stereocenters. The van der Waals surface area contributed by atoms with Gasteiger partial charge in [-0.3, -0.25) is 4.90 Å². The number of rotatable bonds is 5. The maximum absolute atomic E-state index is 13.3. The van der Waals surface area contributed by atoms with Crippen molar-refractivity contribution in [3.05, 3.63) is 35.6 Å². The smallest absolute Gasteiger partial charge is 0.123 e. The van der Waals surface area contributed by atoms with Crippen LogP contribution in [0.25, 0.3) is 0 Å². The fourth-order valence-electron chi connectivity index (χ4n) is 3.12. The van der Waals surface area contributed by atoms with E-state index < -0.39 is 0 Å². The first kappa shape index (κ1) is 15.7. The summed E-state index contributed by atoms with van der Waals surface area (Å²) < 4.78 is 13.3. The summed E-state index contributed by atoms with van der Waals surface area (Å²) in [5.74, 6) is -0.123. The number of hydrogen-bond donors (Lipinski definition) is 1. The lowest BCUT2D eigenvalue weighted by Gasteiger charge is -2.32. The van der Waals surface area contributed by atoms with Gasteiger partial charge in [-0.25, -0.2) is 4.39 Å². The standard InChI is InChI=1S/C16H23FN2.ClH/c1-16(7-8-18-11-16)12-19(15-5-6-15)10-13-3-2-4-14(17)9-13;/h2-4,9,15,18H,5-8,10-12H2,1H3;1H. The van der Waals surface area contributed by atoms with Crippen molar-refractivity contribution in [3.8, 4) is 0 Å². The van der Waals surface area contributed by atoms with Gasteiger partial charge in [-0.05, 0) is 48.9 Å². The summed E-state index contributed by atoms with van der Waals surface area (Å²) in [5.41, 5.74) is 1.48. The van der Waals surface area contributed by atoms with E-state index in [1.165, 1.54) is 25.3 Å². The van der Waals surface area contributed by atoms with E-state index in [0.717, 1.165) is 37.8 Å². The molecule has 4 heteroatoms. The van der Waals surface area contributed by atoms with E-state index in [4.69, 9.17) is 0 Å². The van der Waals surface area contributed by atoms with Crippen molar-refractivity contribution >= 4 is 12.4 Å². The van der Waals surface area contributed by atoms with Crippen LogP contribution >= 0.6 is 12.4 Å². The number of hydrogen-bond acceptors (Lipinski definition) is 2. The molecule has 2 fully saturated rings. The predicted molar refractivity (Wildman–Crippen MR) is 82.7 cm³/mol. The number of nitrogens with zero attached hydrogens (tertiary/aromatic N) is 1. The highest BCUT2D eigenvalue weighted by molar-refractivity contribution is 5.85. The zero-order valence-electron chi connectivity index (χ0n) is 12.1. The normalized spacial score (nSPS) is 25.8. The van der Waals surface area contributed by atoms with Crippen LogP contribution in [0, 0.1) is 11.2 Å². The molecule has 0 bridgehead atoms. The molecule has 112 valence electrons. The van der Waals surface area contributed by atoms with Crippen LogP contribution in [0.2, 0.25) is 0 Å². The third-order valence-electron chi connectivity index (χ3n) is 4.38. The molecule has 20 heavy (non-hydrogen) atoms. The Morgan fingerprint density at radius 2 is 2.20 bits per heavy atom. The lowest BCUT2D eigenvalue weighted by atomic mass is 9.89. The van der Waals surface area contributed by atoms with Crippen LogP contribution in [0.4, 0.5) is 4.39 Å². The van der Waals surface area contributed by atoms with Gasteiger partial charge in [0.05, 0.1) is 0 Å². The highest BCUT2D eigenvalue weighted by Gasteiger charge is 2.36. The first-order valence-corrected chi connectivity index (χ1v) is 7.34. The van der Waals surface area contributed by atoms with Gasteiger partial charge in [-0.15, -0.1) is 12.4 Å². The summed E-state index contributed by atoms with van der Waals surface area (Å²) in [6.07, 6.45) is 3.86. The third-order valence-corrected chi connectivity index (χ3v) is 4.38. The quantitative estimate of drug-likeness (QED) is 0.898. The van der Waals surface area contributed by atoms with Gasteiger partial charge in [-0.2, -0.15) is 0 Å². The summed E-state index contributed by atoms with van der Waals surface area (Å²) in [7, 11) is 0. The number of halogens is 2. The molecule has 3 rings (SSSR count). The van der Waals surface area contributed by atoms with Crippen molar-refractivity contribution in [2.45, 2.75) is 38.8 Å². The van der Waals surface area contributed by atoms with E-state index in [2.05, 4.69) is 17.1 Å². The van der Waals surface area contributed by atoms with Crippen molar-refractivity contribution < 1.29 is 4.39 Å². The summed E-state index contributed by atoms with van der Waals surface area (Å²) in [6, 6.07) is 7.76.